The molecule has 0 saturated heterocycles. The average Bonchev–Trinajstić information content (AvgIpc) is 2.58. The summed E-state index contributed by atoms with van der Waals surface area (Å²) in [4.78, 5) is 36.3. The van der Waals surface area contributed by atoms with Crippen LogP contribution in [-0.2, 0) is 14.3 Å². The van der Waals surface area contributed by atoms with Crippen molar-refractivity contribution in [1.29, 1.82) is 0 Å². The van der Waals surface area contributed by atoms with Crippen molar-refractivity contribution in [2.24, 2.45) is 0 Å². The van der Waals surface area contributed by atoms with Crippen LogP contribution in [0.4, 0.5) is 4.79 Å². The average molecular weight is 408 g/mol. The summed E-state index contributed by atoms with van der Waals surface area (Å²) in [6, 6.07) is 5.14. The van der Waals surface area contributed by atoms with E-state index >= 15 is 0 Å². The zero-order valence-corrected chi connectivity index (χ0v) is 17.8. The molecule has 8 heteroatoms. The number of carbonyl (C=O) groups excluding carboxylic acids is 3. The first-order chi connectivity index (χ1) is 13.5. The summed E-state index contributed by atoms with van der Waals surface area (Å²) in [6.07, 6.45) is 0.591. The van der Waals surface area contributed by atoms with Crippen LogP contribution in [0.3, 0.4) is 0 Å². The van der Waals surface area contributed by atoms with Gasteiger partial charge in [-0.25, -0.2) is 9.59 Å². The summed E-state index contributed by atoms with van der Waals surface area (Å²) in [5.74, 6) is -0.662. The minimum Gasteiger partial charge on any atom is -0.508 e. The summed E-state index contributed by atoms with van der Waals surface area (Å²) in [7, 11) is 0. The van der Waals surface area contributed by atoms with Crippen molar-refractivity contribution >= 4 is 18.0 Å². The zero-order valence-electron chi connectivity index (χ0n) is 17.8. The van der Waals surface area contributed by atoms with Gasteiger partial charge >= 0.3 is 12.1 Å². The van der Waals surface area contributed by atoms with Gasteiger partial charge in [-0.2, -0.15) is 0 Å². The molecule has 0 radical (unpaired) electrons. The van der Waals surface area contributed by atoms with Crippen LogP contribution >= 0.6 is 0 Å². The normalized spacial score (nSPS) is 12.2. The lowest BCUT2D eigenvalue weighted by atomic mass is 10.1. The lowest BCUT2D eigenvalue weighted by molar-refractivity contribution is -0.150. The van der Waals surface area contributed by atoms with Crippen LogP contribution in [0, 0.1) is 0 Å². The Kier molecular flexibility index (Phi) is 9.44. The molecule has 29 heavy (non-hydrogen) atoms. The van der Waals surface area contributed by atoms with Gasteiger partial charge in [-0.05, 0) is 78.1 Å². The van der Waals surface area contributed by atoms with E-state index in [4.69, 9.17) is 9.47 Å². The molecule has 0 aliphatic rings. The van der Waals surface area contributed by atoms with Gasteiger partial charge in [-0.3, -0.25) is 4.79 Å². The van der Waals surface area contributed by atoms with Crippen molar-refractivity contribution in [2.45, 2.75) is 71.6 Å². The quantitative estimate of drug-likeness (QED) is 0.427. The van der Waals surface area contributed by atoms with E-state index < -0.39 is 23.7 Å². The number of esters is 1. The Bertz CT molecular complexity index is 679. The molecule has 0 aliphatic carbocycles. The van der Waals surface area contributed by atoms with E-state index in [0.717, 1.165) is 0 Å². The molecule has 0 fully saturated rings. The Morgan fingerprint density at radius 3 is 2.24 bits per heavy atom. The molecule has 0 saturated carbocycles. The molecule has 1 aromatic carbocycles. The number of alkyl carbamates (subject to hydrolysis) is 1. The Morgan fingerprint density at radius 2 is 1.69 bits per heavy atom. The minimum absolute atomic E-state index is 0.0957. The summed E-state index contributed by atoms with van der Waals surface area (Å²) in [6.45, 7) is 9.11. The maximum absolute atomic E-state index is 12.3. The second-order valence-corrected chi connectivity index (χ2v) is 7.98. The van der Waals surface area contributed by atoms with E-state index in [1.807, 2.05) is 0 Å². The summed E-state index contributed by atoms with van der Waals surface area (Å²) < 4.78 is 10.4. The molecule has 0 heterocycles. The van der Waals surface area contributed by atoms with Gasteiger partial charge in [-0.1, -0.05) is 0 Å². The van der Waals surface area contributed by atoms with Crippen LogP contribution in [0.15, 0.2) is 24.3 Å². The fourth-order valence-corrected chi connectivity index (χ4v) is 2.40. The summed E-state index contributed by atoms with van der Waals surface area (Å²) in [5.41, 5.74) is -0.220. The molecule has 0 unspecified atom stereocenters. The second-order valence-electron chi connectivity index (χ2n) is 7.98. The van der Waals surface area contributed by atoms with Gasteiger partial charge in [0.1, 0.15) is 17.4 Å². The standard InChI is InChI=1S/C21H32N2O6/c1-14(2)28-19(26)17(23-20(27)29-21(3,4)5)8-6-7-13-22-18(25)15-9-11-16(24)12-10-15/h9-12,14,17,24H,6-8,13H2,1-5H3,(H,22,25)(H,23,27)/t17-/m0/s1. The topological polar surface area (TPSA) is 114 Å². The Labute approximate surface area is 172 Å². The highest BCUT2D eigenvalue weighted by Crippen LogP contribution is 2.11. The number of rotatable bonds is 9. The van der Waals surface area contributed by atoms with E-state index in [0.29, 0.717) is 31.4 Å². The number of phenols is 1. The van der Waals surface area contributed by atoms with Crippen molar-refractivity contribution in [3.05, 3.63) is 29.8 Å². The molecule has 0 aliphatic heterocycles. The maximum atomic E-state index is 12.3. The van der Waals surface area contributed by atoms with E-state index in [1.165, 1.54) is 24.3 Å². The fourth-order valence-electron chi connectivity index (χ4n) is 2.40. The first kappa shape index (κ1) is 24.3. The second kappa shape index (κ2) is 11.3. The molecule has 2 amide bonds. The van der Waals surface area contributed by atoms with Crippen LogP contribution in [0.5, 0.6) is 5.75 Å². The van der Waals surface area contributed by atoms with Crippen molar-refractivity contribution in [3.63, 3.8) is 0 Å². The summed E-state index contributed by atoms with van der Waals surface area (Å²) >= 11 is 0. The van der Waals surface area contributed by atoms with Gasteiger partial charge in [0, 0.05) is 12.1 Å². The number of nitrogens with one attached hydrogen (secondary N) is 2. The number of ether oxygens (including phenoxy) is 2. The van der Waals surface area contributed by atoms with E-state index in [9.17, 15) is 19.5 Å². The lowest BCUT2D eigenvalue weighted by Crippen LogP contribution is -2.44. The van der Waals surface area contributed by atoms with Gasteiger partial charge in [0.25, 0.3) is 5.91 Å². The summed E-state index contributed by atoms with van der Waals surface area (Å²) in [5, 5.41) is 14.6. The van der Waals surface area contributed by atoms with Crippen molar-refractivity contribution in [1.82, 2.24) is 10.6 Å². The van der Waals surface area contributed by atoms with Crippen molar-refractivity contribution in [2.75, 3.05) is 6.54 Å². The predicted octanol–water partition coefficient (Wildman–Crippen LogP) is 3.14. The van der Waals surface area contributed by atoms with Gasteiger partial charge in [-0.15, -0.1) is 0 Å². The number of phenolic OH excluding ortho intramolecular Hbond substituents is 1. The third-order valence-electron chi connectivity index (χ3n) is 3.66. The first-order valence-electron chi connectivity index (χ1n) is 9.75. The van der Waals surface area contributed by atoms with Crippen LogP contribution in [-0.4, -0.2) is 47.4 Å². The Hall–Kier alpha value is -2.77. The van der Waals surface area contributed by atoms with Crippen molar-refractivity contribution in [3.8, 4) is 5.75 Å². The highest BCUT2D eigenvalue weighted by Gasteiger charge is 2.25. The monoisotopic (exact) mass is 408 g/mol. The molecule has 8 nitrogen and oxygen atoms in total. The number of benzene rings is 1. The molecular formula is C21H32N2O6. The molecule has 0 spiro atoms. The third kappa shape index (κ3) is 10.4. The SMILES string of the molecule is CC(C)OC(=O)[C@H](CCCCNC(=O)c1ccc(O)cc1)NC(=O)OC(C)(C)C. The maximum Gasteiger partial charge on any atom is 0.408 e. The molecule has 162 valence electrons. The third-order valence-corrected chi connectivity index (χ3v) is 3.66. The van der Waals surface area contributed by atoms with Crippen LogP contribution in [0.1, 0.15) is 64.2 Å². The number of hydrogen-bond donors (Lipinski definition) is 3. The molecule has 3 N–H and O–H groups in total. The molecule has 1 atom stereocenters. The number of carbonyl (C=O) groups is 3. The number of amides is 2. The van der Waals surface area contributed by atoms with E-state index in [1.54, 1.807) is 34.6 Å². The van der Waals surface area contributed by atoms with Gasteiger partial charge < -0.3 is 25.2 Å². The van der Waals surface area contributed by atoms with Crippen LogP contribution in [0.25, 0.3) is 0 Å². The molecule has 0 aromatic heterocycles. The highest BCUT2D eigenvalue weighted by atomic mass is 16.6. The van der Waals surface area contributed by atoms with Gasteiger partial charge in [0.2, 0.25) is 0 Å². The van der Waals surface area contributed by atoms with Crippen molar-refractivity contribution < 1.29 is 29.0 Å². The fraction of sp³-hybridized carbons (Fsp3) is 0.571. The number of unbranched alkanes of at least 4 members (excludes halogenated alkanes) is 1. The zero-order chi connectivity index (χ0) is 22.0. The smallest absolute Gasteiger partial charge is 0.408 e. The molecule has 1 aromatic rings. The van der Waals surface area contributed by atoms with Gasteiger partial charge in [0.05, 0.1) is 6.10 Å². The highest BCUT2D eigenvalue weighted by molar-refractivity contribution is 5.94. The van der Waals surface area contributed by atoms with Crippen LogP contribution in [0.2, 0.25) is 0 Å². The molecule has 0 bridgehead atoms. The number of hydrogen-bond acceptors (Lipinski definition) is 6. The predicted molar refractivity (Wildman–Crippen MR) is 109 cm³/mol. The van der Waals surface area contributed by atoms with E-state index in [-0.39, 0.29) is 17.8 Å². The lowest BCUT2D eigenvalue weighted by Gasteiger charge is -2.23. The Morgan fingerprint density at radius 1 is 1.07 bits per heavy atom. The molecule has 1 rings (SSSR count). The minimum atomic E-state index is -0.819. The largest absolute Gasteiger partial charge is 0.508 e. The van der Waals surface area contributed by atoms with Gasteiger partial charge in [0.15, 0.2) is 0 Å². The molecular weight excluding hydrogens is 376 g/mol. The first-order valence-corrected chi connectivity index (χ1v) is 9.75. The van der Waals surface area contributed by atoms with Crippen LogP contribution < -0.4 is 10.6 Å². The van der Waals surface area contributed by atoms with E-state index in [2.05, 4.69) is 10.6 Å². The Balaban J connectivity index is 2.47. The number of aromatic hydroxyl groups is 1.